The molecule has 0 atom stereocenters. The maximum atomic E-state index is 12.8. The van der Waals surface area contributed by atoms with Gasteiger partial charge in [0.2, 0.25) is 6.04 Å². The van der Waals surface area contributed by atoms with Crippen LogP contribution in [0.2, 0.25) is 0 Å². The number of amidine groups is 1. The number of carbonyl (C=O) groups is 2. The zero-order valence-corrected chi connectivity index (χ0v) is 99.6. The van der Waals surface area contributed by atoms with Crippen LogP contribution in [-0.4, -0.2) is 306 Å². The molecule has 133 heavy (non-hydrogen) atoms. The SMILES string of the molecule is BrBr.CC(C)(NO)C(C)(C)NO.CC(C)([N+](=O)[O-])C(C)(C)[N+](=O)[O-].CC(C)[N+](=O)[O-].CC1(C)N(O)C(=C2C=CC(=O)C=C2)N(O)C1(C)C.CC1(C)N(O)C(c2ccc(O)cc2)N(O)C1(C)C.CCN(CC)CC.CCO[Si](Cl)(OCC)OCC.CCO[Si](OCC)(OCC)Oc1ccc(C2=[N+]([O-])C(C)(C)C(C)(C)N2O)cc1.CO.CO.Cl.N.O=Cc1ccc(O)cc1.[Na+].[OH-].[O]=[Pb]=[O].[Zn]. The van der Waals surface area contributed by atoms with Crippen molar-refractivity contribution in [2.45, 2.75) is 282 Å². The Labute approximate surface area is 861 Å². The van der Waals surface area contributed by atoms with Crippen LogP contribution in [0.15, 0.2) is 108 Å². The molecule has 766 valence electrons. The molecule has 0 unspecified atom stereocenters. The summed E-state index contributed by atoms with van der Waals surface area (Å²) in [6, 6.07) is 18.9. The molecular formula is C81H154Br2Cl2N13NaO30PbSi2Zn. The van der Waals surface area contributed by atoms with Gasteiger partial charge in [-0.1, -0.05) is 44.0 Å². The van der Waals surface area contributed by atoms with Crippen molar-refractivity contribution in [2.24, 2.45) is 0 Å². The van der Waals surface area contributed by atoms with E-state index in [0.29, 0.717) is 62.1 Å². The minimum Gasteiger partial charge on any atom is 0 e. The fourth-order valence-corrected chi connectivity index (χ4v) is 13.9. The monoisotopic (exact) mass is 2370 g/mol. The van der Waals surface area contributed by atoms with Crippen molar-refractivity contribution in [1.82, 2.24) is 47.3 Å². The molecule has 0 saturated carbocycles. The Morgan fingerprint density at radius 1 is 0.564 bits per heavy atom. The Hall–Kier alpha value is -4.07. The van der Waals surface area contributed by atoms with Crippen LogP contribution < -0.4 is 51.1 Å². The summed E-state index contributed by atoms with van der Waals surface area (Å²) >= 11 is 9.00. The molecule has 4 aliphatic rings. The first-order valence-corrected chi connectivity index (χ1v) is 51.9. The van der Waals surface area contributed by atoms with Gasteiger partial charge in [-0.25, -0.2) is 15.3 Å². The summed E-state index contributed by atoms with van der Waals surface area (Å²) in [6.07, 6.45) is 6.07. The Kier molecular flexibility index (Phi) is 81.4. The number of phenols is 2. The summed E-state index contributed by atoms with van der Waals surface area (Å²) in [6.45, 7) is 61.3. The van der Waals surface area contributed by atoms with Crippen LogP contribution >= 0.6 is 51.7 Å². The number of hydroxylamine groups is 13. The molecule has 0 aromatic heterocycles. The second kappa shape index (κ2) is 71.4. The summed E-state index contributed by atoms with van der Waals surface area (Å²) in [5.74, 6) is 1.22. The smallest absolute Gasteiger partial charge is 0 e. The molecule has 43 nitrogen and oxygen atoms in total. The van der Waals surface area contributed by atoms with E-state index in [9.17, 15) is 76.3 Å². The van der Waals surface area contributed by atoms with Crippen LogP contribution in [0.4, 0.5) is 0 Å². The molecule has 3 aromatic carbocycles. The van der Waals surface area contributed by atoms with Gasteiger partial charge in [-0.15, -0.1) is 17.5 Å². The van der Waals surface area contributed by atoms with Crippen molar-refractivity contribution in [3.63, 3.8) is 0 Å². The van der Waals surface area contributed by atoms with Crippen molar-refractivity contribution in [1.29, 1.82) is 0 Å². The molecule has 0 radical (unpaired) electrons. The average molecular weight is 2370 g/mol. The first-order valence-electron chi connectivity index (χ1n) is 40.6. The van der Waals surface area contributed by atoms with Crippen LogP contribution in [0.25, 0.3) is 0 Å². The Bertz CT molecular complexity index is 3760. The number of nitro groups is 3. The zero-order chi connectivity index (χ0) is 102. The third kappa shape index (κ3) is 45.2. The molecule has 3 aromatic rings. The average Bonchev–Trinajstić information content (AvgIpc) is 1.59. The van der Waals surface area contributed by atoms with Crippen LogP contribution in [0.5, 0.6) is 17.2 Å². The number of nitrogens with one attached hydrogen (secondary N) is 2. The van der Waals surface area contributed by atoms with E-state index < -0.39 is 119 Å². The molecule has 52 heteroatoms. The number of aliphatic hydroxyl groups is 2. The Morgan fingerprint density at radius 3 is 1.09 bits per heavy atom. The molecule has 1 aliphatic carbocycles. The largest absolute Gasteiger partial charge is 0 e. The third-order valence-corrected chi connectivity index (χ3v) is 27.2. The van der Waals surface area contributed by atoms with Crippen molar-refractivity contribution < 1.29 is 177 Å². The second-order valence-electron chi connectivity index (χ2n) is 32.5. The fourth-order valence-electron chi connectivity index (χ4n) is 9.71. The van der Waals surface area contributed by atoms with Gasteiger partial charge in [0.05, 0.1) is 38.8 Å². The standard InChI is InChI=1S/C19H32N2O6Si.C13H20N2O3.C13H18N2O3.C7H6O2.C6H15ClO3Si.C6H12N2O4.C6H16N2O2.C6H15N.C3H7NO2.2CH4O.Br2.ClH.H3N.Na.H2O.2O.Pb.Zn/c1-8-24-28(25-9-2,26-10-3)27-16-13-11-15(12-14-16)17-20(22)18(4,5)19(6,7)21(17)23;2*1-12(2)13(3,4)15(18)11(14(12)17)9-5-7-10(16)8-6-9;8-5-6-1-3-7(9)4-2-6;1-4-8-11(7,9-5-2)10-6-3;1-5(2,7(9)10)6(3,4)8(11)12;1-5(2,7-9)6(3,4)8-10;1-4-7(5-2)6-3;1-3(2)4(5)6;3*1-2;;;;;;;;/h11-14,22H,8-10H2,1-7H3;5-8,11,16-18H,1-4H3;5-8,17-18H,1-4H3;1-5,9H;4-6H2,1-3H3;1-4H3;7-10H,1-4H3;4-6H2,1-3H3;3H,1-2H3;2*2H,1H3;;1H;1H3;;1H2;;;;/q;;;;;;;;;;;;;;+1;;;;;/p-1. The summed E-state index contributed by atoms with van der Waals surface area (Å²) in [5, 5.41) is 150. The van der Waals surface area contributed by atoms with Gasteiger partial charge >= 0.3 is 82.2 Å². The fraction of sp³-hybridized carbons (Fsp3) is 0.667. The van der Waals surface area contributed by atoms with E-state index in [2.05, 4.69) is 64.9 Å². The van der Waals surface area contributed by atoms with Crippen molar-refractivity contribution >= 4 is 111 Å². The van der Waals surface area contributed by atoms with Crippen LogP contribution in [0.1, 0.15) is 242 Å². The van der Waals surface area contributed by atoms with Gasteiger partial charge in [0, 0.05) is 169 Å². The predicted molar refractivity (Wildman–Crippen MR) is 510 cm³/mol. The number of allylic oxidation sites excluding steroid dienone is 5. The Morgan fingerprint density at radius 2 is 0.857 bits per heavy atom. The van der Waals surface area contributed by atoms with Crippen molar-refractivity contribution in [3.05, 3.63) is 161 Å². The number of aliphatic hydroxyl groups excluding tert-OH is 2. The number of carbonyl (C=O) groups excluding carboxylic acids is 2. The number of hydrogen-bond acceptors (Lipinski definition) is 39. The summed E-state index contributed by atoms with van der Waals surface area (Å²) in [5.41, 5.74) is -1.64. The zero-order valence-electron chi connectivity index (χ0n) is 84.0. The number of aldehydes is 1. The molecule has 2 fully saturated rings. The number of benzene rings is 3. The van der Waals surface area contributed by atoms with E-state index in [0.717, 1.165) is 56.1 Å². The number of ketones is 1. The number of phenolic OH excluding ortho intramolecular Hbond substituents is 2. The van der Waals surface area contributed by atoms with Crippen LogP contribution in [0.3, 0.4) is 0 Å². The van der Waals surface area contributed by atoms with E-state index >= 15 is 0 Å². The molecule has 2 saturated heterocycles. The molecular weight excluding hydrogens is 2220 g/mol. The summed E-state index contributed by atoms with van der Waals surface area (Å²) in [7, 11) is -4.07. The van der Waals surface area contributed by atoms with E-state index in [4.69, 9.17) is 73.2 Å². The number of halogens is 4. The summed E-state index contributed by atoms with van der Waals surface area (Å²) in [4.78, 5) is 52.4. The van der Waals surface area contributed by atoms with Gasteiger partial charge in [-0.3, -0.25) is 55.1 Å². The van der Waals surface area contributed by atoms with Gasteiger partial charge < -0.3 is 94.0 Å². The molecule has 3 heterocycles. The molecule has 0 bridgehead atoms. The summed E-state index contributed by atoms with van der Waals surface area (Å²) < 4.78 is 56.6. The van der Waals surface area contributed by atoms with E-state index in [1.807, 2.05) is 111 Å². The van der Waals surface area contributed by atoms with Gasteiger partial charge in [0.1, 0.15) is 35.2 Å². The minimum atomic E-state index is -3.30. The minimum absolute atomic E-state index is 0. The Balaban J connectivity index is -0.000000142. The molecule has 3 aliphatic heterocycles. The van der Waals surface area contributed by atoms with Gasteiger partial charge in [0.15, 0.2) is 17.1 Å². The van der Waals surface area contributed by atoms with E-state index in [1.54, 1.807) is 116 Å². The topological polar surface area (TPSA) is 619 Å². The van der Waals surface area contributed by atoms with Crippen LogP contribution in [-0.2, 0) is 56.2 Å². The number of aromatic hydroxyl groups is 2. The van der Waals surface area contributed by atoms with Crippen LogP contribution in [0, 0.1) is 35.6 Å². The van der Waals surface area contributed by atoms with E-state index in [1.165, 1.54) is 83.7 Å². The van der Waals surface area contributed by atoms with Gasteiger partial charge in [-0.2, -0.15) is 21.1 Å². The molecule has 7 rings (SSSR count). The maximum Gasteiger partial charge on any atom is 0 e. The second-order valence-corrected chi connectivity index (χ2v) is 38.4. The number of rotatable bonds is 27. The van der Waals surface area contributed by atoms with Gasteiger partial charge in [-0.05, 0) is 262 Å². The quantitative estimate of drug-likeness (QED) is 0.00641. The number of nitrogens with zero attached hydrogens (tertiary/aromatic N) is 10. The van der Waals surface area contributed by atoms with Crippen molar-refractivity contribution in [3.8, 4) is 17.2 Å². The maximum absolute atomic E-state index is 12.8. The molecule has 0 spiro atoms. The number of hydrogen-bond donors (Lipinski definition) is 14. The molecule has 17 N–H and O–H groups in total. The first kappa shape index (κ1) is 152. The molecule has 0 amide bonds. The normalized spacial score (nSPS) is 15.6. The van der Waals surface area contributed by atoms with Gasteiger partial charge in [0.25, 0.3) is 11.1 Å². The predicted octanol–water partition coefficient (Wildman–Crippen LogP) is 11.6. The van der Waals surface area contributed by atoms with Crippen molar-refractivity contribution in [2.75, 3.05) is 73.5 Å². The van der Waals surface area contributed by atoms with E-state index in [-0.39, 0.29) is 107 Å². The first-order chi connectivity index (χ1) is 58.9. The third-order valence-electron chi connectivity index (χ3n) is 21.9.